The Hall–Kier alpha value is -2.58. The number of hydrogen-bond donors (Lipinski definition) is 1. The highest BCUT2D eigenvalue weighted by Gasteiger charge is 2.15. The van der Waals surface area contributed by atoms with Crippen molar-refractivity contribution in [1.82, 2.24) is 0 Å². The van der Waals surface area contributed by atoms with Crippen molar-refractivity contribution in [3.05, 3.63) is 78.4 Å². The third-order valence-corrected chi connectivity index (χ3v) is 4.43. The molecule has 0 saturated heterocycles. The van der Waals surface area contributed by atoms with Gasteiger partial charge in [-0.2, -0.15) is 0 Å². The Balaban J connectivity index is 2.22. The lowest BCUT2D eigenvalue weighted by Gasteiger charge is -2.24. The van der Waals surface area contributed by atoms with Crippen LogP contribution in [0.15, 0.2) is 72.8 Å². The Morgan fingerprint density at radius 2 is 1.38 bits per heavy atom. The van der Waals surface area contributed by atoms with Gasteiger partial charge in [0.15, 0.2) is 0 Å². The molecule has 0 unspecified atom stereocenters. The highest BCUT2D eigenvalue weighted by Crippen LogP contribution is 2.38. The van der Waals surface area contributed by atoms with Gasteiger partial charge in [0.25, 0.3) is 0 Å². The van der Waals surface area contributed by atoms with Gasteiger partial charge in [-0.3, -0.25) is 0 Å². The Morgan fingerprint density at radius 1 is 0.792 bits per heavy atom. The average molecular weight is 317 g/mol. The number of aliphatic hydroxyl groups excluding tert-OH is 1. The summed E-state index contributed by atoms with van der Waals surface area (Å²) in [5, 5.41) is 9.27. The second kappa shape index (κ2) is 7.33. The van der Waals surface area contributed by atoms with Crippen LogP contribution in [0.2, 0.25) is 0 Å². The van der Waals surface area contributed by atoms with Gasteiger partial charge < -0.3 is 10.0 Å². The molecule has 0 aliphatic carbocycles. The van der Waals surface area contributed by atoms with E-state index in [-0.39, 0.29) is 6.61 Å². The summed E-state index contributed by atoms with van der Waals surface area (Å²) in [4.78, 5) is 2.11. The topological polar surface area (TPSA) is 23.5 Å². The molecule has 0 radical (unpaired) electrons. The first kappa shape index (κ1) is 16.3. The summed E-state index contributed by atoms with van der Waals surface area (Å²) in [5.41, 5.74) is 7.31. The minimum absolute atomic E-state index is 0.150. The number of rotatable bonds is 5. The zero-order valence-electron chi connectivity index (χ0n) is 14.2. The zero-order valence-corrected chi connectivity index (χ0v) is 14.2. The molecule has 3 aromatic rings. The number of anilines is 1. The maximum absolute atomic E-state index is 9.27. The van der Waals surface area contributed by atoms with Crippen LogP contribution in [0.3, 0.4) is 0 Å². The van der Waals surface area contributed by atoms with Crippen molar-refractivity contribution >= 4 is 5.69 Å². The number of hydrogen-bond acceptors (Lipinski definition) is 2. The molecule has 3 rings (SSSR count). The van der Waals surface area contributed by atoms with Gasteiger partial charge >= 0.3 is 0 Å². The van der Waals surface area contributed by atoms with Crippen LogP contribution in [0.1, 0.15) is 5.56 Å². The van der Waals surface area contributed by atoms with Crippen molar-refractivity contribution in [2.45, 2.75) is 6.92 Å². The van der Waals surface area contributed by atoms with Crippen molar-refractivity contribution in [3.63, 3.8) is 0 Å². The molecule has 2 nitrogen and oxygen atoms in total. The van der Waals surface area contributed by atoms with E-state index in [1.165, 1.54) is 27.8 Å². The predicted molar refractivity (Wildman–Crippen MR) is 102 cm³/mol. The molecule has 0 fully saturated rings. The maximum atomic E-state index is 9.27. The molecule has 0 aliphatic heterocycles. The molecule has 0 saturated carbocycles. The number of likely N-dealkylation sites (N-methyl/N-ethyl adjacent to an activating group) is 1. The molecule has 0 bridgehead atoms. The molecule has 0 aliphatic rings. The first-order valence-corrected chi connectivity index (χ1v) is 8.29. The second-order valence-corrected chi connectivity index (χ2v) is 6.01. The lowest BCUT2D eigenvalue weighted by Crippen LogP contribution is -2.22. The smallest absolute Gasteiger partial charge is 0.0606 e. The van der Waals surface area contributed by atoms with Gasteiger partial charge in [0.1, 0.15) is 0 Å². The standard InChI is InChI=1S/C22H23NO/c1-17-21(23(2)15-16-24)14-13-20(18-9-5-3-6-10-18)22(17)19-11-7-4-8-12-19/h3-14,24H,15-16H2,1-2H3. The fourth-order valence-corrected chi connectivity index (χ4v) is 3.22. The van der Waals surface area contributed by atoms with Crippen LogP contribution in [0.5, 0.6) is 0 Å². The fourth-order valence-electron chi connectivity index (χ4n) is 3.22. The van der Waals surface area contributed by atoms with Crippen LogP contribution in [0.4, 0.5) is 5.69 Å². The van der Waals surface area contributed by atoms with Crippen LogP contribution in [-0.2, 0) is 0 Å². The highest BCUT2D eigenvalue weighted by molar-refractivity contribution is 5.89. The number of nitrogens with zero attached hydrogens (tertiary/aromatic N) is 1. The Labute approximate surface area is 144 Å². The molecule has 0 aromatic heterocycles. The van der Waals surface area contributed by atoms with Gasteiger partial charge in [0.2, 0.25) is 0 Å². The summed E-state index contributed by atoms with van der Waals surface area (Å²) < 4.78 is 0. The summed E-state index contributed by atoms with van der Waals surface area (Å²) in [5.74, 6) is 0. The molecule has 0 heterocycles. The first-order valence-electron chi connectivity index (χ1n) is 8.29. The van der Waals surface area contributed by atoms with E-state index in [1.54, 1.807) is 0 Å². The van der Waals surface area contributed by atoms with E-state index in [0.717, 1.165) is 5.69 Å². The van der Waals surface area contributed by atoms with Gasteiger partial charge in [0, 0.05) is 19.3 Å². The largest absolute Gasteiger partial charge is 0.395 e. The molecule has 0 spiro atoms. The van der Waals surface area contributed by atoms with E-state index in [0.29, 0.717) is 6.54 Å². The van der Waals surface area contributed by atoms with Crippen LogP contribution in [0, 0.1) is 6.92 Å². The van der Waals surface area contributed by atoms with Crippen molar-refractivity contribution in [2.24, 2.45) is 0 Å². The van der Waals surface area contributed by atoms with E-state index in [1.807, 2.05) is 19.2 Å². The van der Waals surface area contributed by atoms with Gasteiger partial charge in [-0.05, 0) is 40.8 Å². The van der Waals surface area contributed by atoms with Crippen LogP contribution < -0.4 is 4.90 Å². The normalized spacial score (nSPS) is 10.6. The molecular formula is C22H23NO. The number of aliphatic hydroxyl groups is 1. The van der Waals surface area contributed by atoms with Gasteiger partial charge in [-0.25, -0.2) is 0 Å². The van der Waals surface area contributed by atoms with Crippen molar-refractivity contribution < 1.29 is 5.11 Å². The van der Waals surface area contributed by atoms with E-state index in [2.05, 4.69) is 72.5 Å². The Kier molecular flexibility index (Phi) is 4.97. The van der Waals surface area contributed by atoms with E-state index < -0.39 is 0 Å². The number of benzene rings is 3. The highest BCUT2D eigenvalue weighted by atomic mass is 16.3. The van der Waals surface area contributed by atoms with E-state index >= 15 is 0 Å². The predicted octanol–water partition coefficient (Wildman–Crippen LogP) is 4.76. The molecule has 24 heavy (non-hydrogen) atoms. The molecule has 122 valence electrons. The quantitative estimate of drug-likeness (QED) is 0.733. The lowest BCUT2D eigenvalue weighted by molar-refractivity contribution is 0.304. The van der Waals surface area contributed by atoms with Crippen molar-refractivity contribution in [1.29, 1.82) is 0 Å². The van der Waals surface area contributed by atoms with Gasteiger partial charge in [-0.1, -0.05) is 66.7 Å². The molecule has 1 N–H and O–H groups in total. The third kappa shape index (κ3) is 3.19. The monoisotopic (exact) mass is 317 g/mol. The minimum Gasteiger partial charge on any atom is -0.395 e. The summed E-state index contributed by atoms with van der Waals surface area (Å²) in [7, 11) is 2.02. The van der Waals surface area contributed by atoms with Crippen LogP contribution >= 0.6 is 0 Å². The van der Waals surface area contributed by atoms with Crippen LogP contribution in [0.25, 0.3) is 22.3 Å². The van der Waals surface area contributed by atoms with Crippen molar-refractivity contribution in [2.75, 3.05) is 25.1 Å². The summed E-state index contributed by atoms with van der Waals surface area (Å²) >= 11 is 0. The molecule has 2 heteroatoms. The lowest BCUT2D eigenvalue weighted by atomic mass is 9.90. The Bertz CT molecular complexity index is 797. The maximum Gasteiger partial charge on any atom is 0.0606 e. The minimum atomic E-state index is 0.150. The zero-order chi connectivity index (χ0) is 16.9. The van der Waals surface area contributed by atoms with Crippen LogP contribution in [-0.4, -0.2) is 25.3 Å². The van der Waals surface area contributed by atoms with E-state index in [9.17, 15) is 5.11 Å². The van der Waals surface area contributed by atoms with Gasteiger partial charge in [-0.15, -0.1) is 0 Å². The second-order valence-electron chi connectivity index (χ2n) is 6.01. The molecule has 3 aromatic carbocycles. The average Bonchev–Trinajstić information content (AvgIpc) is 2.63. The van der Waals surface area contributed by atoms with Gasteiger partial charge in [0.05, 0.1) is 6.61 Å². The molecule has 0 amide bonds. The SMILES string of the molecule is Cc1c(N(C)CCO)ccc(-c2ccccc2)c1-c1ccccc1. The summed E-state index contributed by atoms with van der Waals surface area (Å²) in [6, 6.07) is 25.3. The Morgan fingerprint density at radius 3 is 1.96 bits per heavy atom. The first-order chi connectivity index (χ1) is 11.7. The fraction of sp³-hybridized carbons (Fsp3) is 0.182. The van der Waals surface area contributed by atoms with E-state index in [4.69, 9.17) is 0 Å². The van der Waals surface area contributed by atoms with Crippen molar-refractivity contribution in [3.8, 4) is 22.3 Å². The summed E-state index contributed by atoms with van der Waals surface area (Å²) in [6.07, 6.45) is 0. The molecular weight excluding hydrogens is 294 g/mol. The molecule has 0 atom stereocenters. The third-order valence-electron chi connectivity index (χ3n) is 4.43. The summed E-state index contributed by atoms with van der Waals surface area (Å²) in [6.45, 7) is 2.94.